The van der Waals surface area contributed by atoms with Gasteiger partial charge in [0.15, 0.2) is 0 Å². The molecule has 24 heavy (non-hydrogen) atoms. The fraction of sp³-hybridized carbons (Fsp3) is 0.909. The van der Waals surface area contributed by atoms with Gasteiger partial charge in [-0.2, -0.15) is 0 Å². The lowest BCUT2D eigenvalue weighted by Crippen LogP contribution is -2.81. The molecule has 2 nitrogen and oxygen atoms in total. The summed E-state index contributed by atoms with van der Waals surface area (Å²) in [6.45, 7) is 3.76. The molecule has 0 radical (unpaired) electrons. The predicted molar refractivity (Wildman–Crippen MR) is 88.9 cm³/mol. The van der Waals surface area contributed by atoms with Crippen LogP contribution in [0.4, 0.5) is 0 Å². The van der Waals surface area contributed by atoms with E-state index in [4.69, 9.17) is 0 Å². The molecular weight excluding hydrogens is 296 g/mol. The second-order valence-corrected chi connectivity index (χ2v) is 11.3. The Bertz CT molecular complexity index is 631. The van der Waals surface area contributed by atoms with Gasteiger partial charge in [-0.25, -0.2) is 0 Å². The molecule has 128 valence electrons. The summed E-state index contributed by atoms with van der Waals surface area (Å²) in [6, 6.07) is 0. The van der Waals surface area contributed by atoms with Crippen LogP contribution in [0, 0.1) is 63.6 Å². The van der Waals surface area contributed by atoms with Crippen LogP contribution in [0.1, 0.15) is 58.8 Å². The van der Waals surface area contributed by atoms with E-state index < -0.39 is 0 Å². The van der Waals surface area contributed by atoms with Gasteiger partial charge in [-0.15, -0.1) is 0 Å². The van der Waals surface area contributed by atoms with Crippen LogP contribution in [-0.4, -0.2) is 11.6 Å². The van der Waals surface area contributed by atoms with Gasteiger partial charge < -0.3 is 0 Å². The first-order valence-electron chi connectivity index (χ1n) is 10.4. The van der Waals surface area contributed by atoms with E-state index in [0.717, 1.165) is 47.3 Å². The Hall–Kier alpha value is -0.660. The van der Waals surface area contributed by atoms with Crippen LogP contribution in [0.25, 0.3) is 0 Å². The maximum Gasteiger partial charge on any atom is 0.136 e. The molecule has 2 heteroatoms. The Labute approximate surface area is 144 Å². The molecule has 0 aromatic heterocycles. The van der Waals surface area contributed by atoms with E-state index in [1.807, 2.05) is 13.8 Å². The fourth-order valence-electron chi connectivity index (χ4n) is 11.3. The Balaban J connectivity index is 1.49. The van der Waals surface area contributed by atoms with E-state index in [0.29, 0.717) is 17.0 Å². The number of carbonyl (C=O) groups excluding carboxylic acids is 2. The summed E-state index contributed by atoms with van der Waals surface area (Å²) >= 11 is 0. The molecular formula is C22H28O2. The third-order valence-electron chi connectivity index (χ3n) is 11.3. The molecule has 10 rings (SSSR count). The zero-order chi connectivity index (χ0) is 16.2. The first-order valence-corrected chi connectivity index (χ1v) is 10.4. The minimum absolute atomic E-state index is 0.00925. The maximum absolute atomic E-state index is 12.7. The highest BCUT2D eigenvalue weighted by atomic mass is 16.1. The molecule has 10 aliphatic rings. The van der Waals surface area contributed by atoms with Gasteiger partial charge in [-0.05, 0) is 112 Å². The van der Waals surface area contributed by atoms with Gasteiger partial charge in [-0.1, -0.05) is 0 Å². The van der Waals surface area contributed by atoms with E-state index in [1.165, 1.54) is 44.9 Å². The average Bonchev–Trinajstić information content (AvgIpc) is 2.52. The highest BCUT2D eigenvalue weighted by molar-refractivity contribution is 5.85. The predicted octanol–water partition coefficient (Wildman–Crippen LogP) is 3.88. The van der Waals surface area contributed by atoms with Crippen molar-refractivity contribution in [2.24, 2.45) is 63.6 Å². The van der Waals surface area contributed by atoms with Crippen LogP contribution in [0.2, 0.25) is 0 Å². The SMILES string of the molecule is CC(=O)C12C[C@@H]3C4CC5[C@@H]6CC7(C(C)=O)C[C@@H]5C([C@H]4C1)C(C2)(C7)C36. The van der Waals surface area contributed by atoms with E-state index in [-0.39, 0.29) is 10.8 Å². The van der Waals surface area contributed by atoms with E-state index >= 15 is 0 Å². The summed E-state index contributed by atoms with van der Waals surface area (Å²) in [4.78, 5) is 25.5. The summed E-state index contributed by atoms with van der Waals surface area (Å²) in [5.74, 6) is 7.98. The summed E-state index contributed by atoms with van der Waals surface area (Å²) < 4.78 is 0. The largest absolute Gasteiger partial charge is 0.299 e. The van der Waals surface area contributed by atoms with Crippen molar-refractivity contribution in [1.82, 2.24) is 0 Å². The average molecular weight is 324 g/mol. The number of ketones is 2. The normalized spacial score (nSPS) is 68.9. The molecule has 0 aromatic carbocycles. The van der Waals surface area contributed by atoms with Gasteiger partial charge in [0.2, 0.25) is 0 Å². The monoisotopic (exact) mass is 324 g/mol. The minimum Gasteiger partial charge on any atom is -0.299 e. The van der Waals surface area contributed by atoms with Crippen LogP contribution in [0.15, 0.2) is 0 Å². The lowest BCUT2D eigenvalue weighted by Gasteiger charge is -2.85. The summed E-state index contributed by atoms with van der Waals surface area (Å²) in [5, 5.41) is 0. The Morgan fingerprint density at radius 2 is 1.04 bits per heavy atom. The second kappa shape index (κ2) is 3.45. The molecule has 10 aliphatic carbocycles. The van der Waals surface area contributed by atoms with E-state index in [9.17, 15) is 9.59 Å². The Morgan fingerprint density at radius 1 is 0.667 bits per heavy atom. The standard InChI is InChI=1S/C22H28O2/c1-10(23)20-4-14-12-3-13-16-6-21(11(2)24)7-17(13)19(15(12)5-20)22(8-20,9-21)18(14)16/h12-19H,3-9H2,1-2H3/t12?,13?,14-,15-,16-,17+,18?,19?,20?,21?,22?/m0/s1. The third-order valence-corrected chi connectivity index (χ3v) is 11.3. The minimum atomic E-state index is 0.00925. The summed E-state index contributed by atoms with van der Waals surface area (Å²) in [7, 11) is 0. The quantitative estimate of drug-likeness (QED) is 0.772. The Morgan fingerprint density at radius 3 is 1.38 bits per heavy atom. The molecule has 0 amide bonds. The van der Waals surface area contributed by atoms with Gasteiger partial charge in [0.25, 0.3) is 0 Å². The van der Waals surface area contributed by atoms with Crippen molar-refractivity contribution < 1.29 is 9.59 Å². The molecule has 7 unspecified atom stereocenters. The molecule has 0 heterocycles. The van der Waals surface area contributed by atoms with Crippen LogP contribution in [-0.2, 0) is 9.59 Å². The van der Waals surface area contributed by atoms with Gasteiger partial charge in [0, 0.05) is 10.8 Å². The van der Waals surface area contributed by atoms with Gasteiger partial charge in [-0.3, -0.25) is 9.59 Å². The molecule has 0 N–H and O–H groups in total. The molecule has 1 spiro atoms. The first-order chi connectivity index (χ1) is 11.4. The van der Waals surface area contributed by atoms with Crippen LogP contribution >= 0.6 is 0 Å². The highest BCUT2D eigenvalue weighted by Gasteiger charge is 2.83. The van der Waals surface area contributed by atoms with Gasteiger partial charge in [0.1, 0.15) is 11.6 Å². The molecule has 0 aromatic rings. The summed E-state index contributed by atoms with van der Waals surface area (Å²) in [6.07, 6.45) is 8.63. The summed E-state index contributed by atoms with van der Waals surface area (Å²) in [5.41, 5.74) is 0.410. The molecule has 0 aliphatic heterocycles. The van der Waals surface area contributed by atoms with Crippen molar-refractivity contribution in [1.29, 1.82) is 0 Å². The lowest BCUT2D eigenvalue weighted by molar-refractivity contribution is -0.367. The second-order valence-electron chi connectivity index (χ2n) is 11.3. The van der Waals surface area contributed by atoms with Crippen molar-refractivity contribution in [2.75, 3.05) is 0 Å². The fourth-order valence-corrected chi connectivity index (χ4v) is 11.3. The zero-order valence-corrected chi connectivity index (χ0v) is 14.9. The lowest BCUT2D eigenvalue weighted by atomic mass is 9.18. The number of rotatable bonds is 2. The molecule has 11 atom stereocenters. The number of carbonyl (C=O) groups is 2. The van der Waals surface area contributed by atoms with Crippen LogP contribution in [0.3, 0.4) is 0 Å². The molecule has 10 fully saturated rings. The molecule has 0 saturated heterocycles. The number of Topliss-reactive ketones (excluding diaryl/α,β-unsaturated/α-hetero) is 2. The van der Waals surface area contributed by atoms with Crippen molar-refractivity contribution in [3.8, 4) is 0 Å². The van der Waals surface area contributed by atoms with Gasteiger partial charge >= 0.3 is 0 Å². The zero-order valence-electron chi connectivity index (χ0n) is 14.9. The van der Waals surface area contributed by atoms with Crippen LogP contribution in [0.5, 0.6) is 0 Å². The van der Waals surface area contributed by atoms with Gasteiger partial charge in [0.05, 0.1) is 0 Å². The van der Waals surface area contributed by atoms with Crippen molar-refractivity contribution in [3.63, 3.8) is 0 Å². The van der Waals surface area contributed by atoms with Crippen molar-refractivity contribution >= 4 is 11.6 Å². The third kappa shape index (κ3) is 1.06. The molecule has 10 saturated carbocycles. The van der Waals surface area contributed by atoms with E-state index in [1.54, 1.807) is 0 Å². The highest BCUT2D eigenvalue weighted by Crippen LogP contribution is 2.88. The number of hydrogen-bond acceptors (Lipinski definition) is 2. The smallest absolute Gasteiger partial charge is 0.136 e. The molecule has 11 bridgehead atoms. The van der Waals surface area contributed by atoms with E-state index in [2.05, 4.69) is 0 Å². The van der Waals surface area contributed by atoms with Crippen molar-refractivity contribution in [3.05, 3.63) is 0 Å². The maximum atomic E-state index is 12.7. The topological polar surface area (TPSA) is 34.1 Å². The first kappa shape index (κ1) is 13.5. The van der Waals surface area contributed by atoms with Crippen molar-refractivity contribution in [2.45, 2.75) is 58.8 Å². The van der Waals surface area contributed by atoms with Crippen LogP contribution < -0.4 is 0 Å². The Kier molecular flexibility index (Phi) is 1.94. The number of hydrogen-bond donors (Lipinski definition) is 0.